The number of aliphatic hydroxyl groups is 2. The first kappa shape index (κ1) is 67.6. The van der Waals surface area contributed by atoms with Crippen molar-refractivity contribution in [3.05, 3.63) is 109 Å². The number of rotatable bonds is 21. The number of nitrogens with one attached hydrogen (secondary N) is 3. The van der Waals surface area contributed by atoms with Crippen molar-refractivity contribution in [2.45, 2.75) is 95.9 Å². The van der Waals surface area contributed by atoms with Gasteiger partial charge in [0.2, 0.25) is 24.0 Å². The van der Waals surface area contributed by atoms with Crippen LogP contribution in [0.3, 0.4) is 0 Å². The van der Waals surface area contributed by atoms with Crippen LogP contribution in [0, 0.1) is 0 Å². The quantitative estimate of drug-likeness (QED) is 0.0266. The third kappa shape index (κ3) is 20.3. The zero-order valence-electron chi connectivity index (χ0n) is 50.7. The van der Waals surface area contributed by atoms with E-state index in [1.165, 1.54) is 11.4 Å². The highest BCUT2D eigenvalue weighted by Gasteiger charge is 2.26. The number of fused-ring (bicyclic) bond motifs is 2. The molecule has 0 radical (unpaired) electrons. The Kier molecular flexibility index (Phi) is 26.0. The van der Waals surface area contributed by atoms with Gasteiger partial charge in [-0.1, -0.05) is 12.2 Å². The second kappa shape index (κ2) is 34.6. The van der Waals surface area contributed by atoms with E-state index in [0.717, 1.165) is 137 Å². The summed E-state index contributed by atoms with van der Waals surface area (Å²) in [5.74, 6) is 1.12. The normalized spacial score (nSPS) is 16.9. The zero-order valence-corrected chi connectivity index (χ0v) is 50.7. The first-order valence-electron chi connectivity index (χ1n) is 30.5. The molecule has 2 aromatic carbocycles. The molecule has 9 heterocycles. The molecule has 6 aromatic rings. The number of aldehydes is 1. The molecule has 5 aliphatic rings. The predicted molar refractivity (Wildman–Crippen MR) is 332 cm³/mol. The molecule has 3 amide bonds. The lowest BCUT2D eigenvalue weighted by Crippen LogP contribution is -2.36. The number of aliphatic hydroxyl groups excluding tert-OH is 2. The first-order valence-corrected chi connectivity index (χ1v) is 30.5. The van der Waals surface area contributed by atoms with Crippen molar-refractivity contribution in [3.8, 4) is 0 Å². The monoisotopic (exact) mass is 1250 g/mol. The number of halogens is 3. The first-order chi connectivity index (χ1) is 43.8. The van der Waals surface area contributed by atoms with E-state index in [9.17, 15) is 32.3 Å². The molecule has 484 valence electrons. The highest BCUT2D eigenvalue weighted by molar-refractivity contribution is 5.83. The van der Waals surface area contributed by atoms with Crippen LogP contribution in [0.5, 0.6) is 0 Å². The Morgan fingerprint density at radius 3 is 1.53 bits per heavy atom. The average Bonchev–Trinajstić information content (AvgIpc) is 2.07. The van der Waals surface area contributed by atoms with Gasteiger partial charge in [0.15, 0.2) is 35.0 Å². The highest BCUT2D eigenvalue weighted by Crippen LogP contribution is 2.30. The van der Waals surface area contributed by atoms with Crippen LogP contribution in [0.15, 0.2) is 97.9 Å². The van der Waals surface area contributed by atoms with Crippen molar-refractivity contribution in [2.75, 3.05) is 120 Å². The largest absolute Gasteiger partial charge is 0.446 e. The number of ketones is 1. The number of hydroxylamine groups is 1. The maximum absolute atomic E-state index is 13.1. The number of hydrogen-bond acceptors (Lipinski definition) is 19. The number of imidazole rings is 2. The van der Waals surface area contributed by atoms with Crippen LogP contribution in [-0.2, 0) is 43.0 Å². The molecule has 27 heteroatoms. The van der Waals surface area contributed by atoms with Crippen LogP contribution in [-0.4, -0.2) is 190 Å². The van der Waals surface area contributed by atoms with Crippen molar-refractivity contribution in [3.63, 3.8) is 0 Å². The predicted octanol–water partition coefficient (Wildman–Crippen LogP) is 7.46. The minimum atomic E-state index is -4.64. The second-order valence-corrected chi connectivity index (χ2v) is 21.7. The molecule has 0 aliphatic carbocycles. The van der Waals surface area contributed by atoms with Crippen LogP contribution in [0.25, 0.3) is 22.4 Å². The van der Waals surface area contributed by atoms with Gasteiger partial charge >= 0.3 is 6.18 Å². The number of ether oxygens (including phenoxy) is 3. The van der Waals surface area contributed by atoms with E-state index in [-0.39, 0.29) is 29.8 Å². The molecule has 0 spiro atoms. The number of anilines is 6. The molecule has 24 nitrogen and oxygen atoms in total. The van der Waals surface area contributed by atoms with Crippen molar-refractivity contribution >= 4 is 86.6 Å². The Bertz CT molecular complexity index is 3340. The van der Waals surface area contributed by atoms with Crippen LogP contribution >= 0.6 is 0 Å². The van der Waals surface area contributed by atoms with E-state index >= 15 is 0 Å². The van der Waals surface area contributed by atoms with Gasteiger partial charge in [-0.3, -0.25) is 24.0 Å². The van der Waals surface area contributed by atoms with E-state index in [1.807, 2.05) is 55.5 Å². The van der Waals surface area contributed by atoms with Crippen molar-refractivity contribution in [1.82, 2.24) is 44.0 Å². The summed E-state index contributed by atoms with van der Waals surface area (Å²) in [6.45, 7) is 9.13. The molecule has 0 saturated carbocycles. The van der Waals surface area contributed by atoms with Gasteiger partial charge in [0.05, 0.1) is 37.8 Å². The fraction of sp³-hybridized carbons (Fsp3) is 0.476. The SMILES string of the molecule is CO.O=C(CCCCC(=O)N1CCC=C(c2cn3ccnc3c(Nc3ccc(N4CCOCC4)cc3)n2)C1)NOC1CCCCO1.O=C(CO)CCCCC(=O)N1CCC=C(c2cn3ccnc3c(Nc3ccc(N4CCOCC4)cc3)n2)C1.O=CC(F)(F)F. The van der Waals surface area contributed by atoms with E-state index in [2.05, 4.69) is 84.4 Å². The zero-order chi connectivity index (χ0) is 63.7. The minimum Gasteiger partial charge on any atom is -0.400 e. The molecular weight excluding hydrogens is 1170 g/mol. The molecule has 90 heavy (non-hydrogen) atoms. The lowest BCUT2D eigenvalue weighted by atomic mass is 10.1. The number of unbranched alkanes of at least 4 members (excludes halogenated alkanes) is 2. The van der Waals surface area contributed by atoms with Gasteiger partial charge in [-0.15, -0.1) is 0 Å². The van der Waals surface area contributed by atoms with Crippen LogP contribution in [0.1, 0.15) is 94.9 Å². The molecule has 1 atom stereocenters. The average molecular weight is 1250 g/mol. The number of Topliss-reactive ketones (excluding diaryl/α,β-unsaturated/α-hetero) is 1. The van der Waals surface area contributed by atoms with Crippen molar-refractivity contribution in [1.29, 1.82) is 0 Å². The van der Waals surface area contributed by atoms with Gasteiger partial charge in [0.1, 0.15) is 6.61 Å². The molecule has 0 bridgehead atoms. The molecule has 1 unspecified atom stereocenters. The number of morpholine rings is 2. The molecule has 5 N–H and O–H groups in total. The molecule has 4 aromatic heterocycles. The number of carbonyl (C=O) groups excluding carboxylic acids is 5. The van der Waals surface area contributed by atoms with Gasteiger partial charge in [-0.25, -0.2) is 30.3 Å². The van der Waals surface area contributed by atoms with Gasteiger partial charge < -0.3 is 63.5 Å². The summed E-state index contributed by atoms with van der Waals surface area (Å²) in [5, 5.41) is 22.7. The summed E-state index contributed by atoms with van der Waals surface area (Å²) in [6, 6.07) is 16.6. The van der Waals surface area contributed by atoms with E-state index < -0.39 is 19.1 Å². The Morgan fingerprint density at radius 2 is 1.10 bits per heavy atom. The van der Waals surface area contributed by atoms with Crippen LogP contribution in [0.4, 0.5) is 47.6 Å². The summed E-state index contributed by atoms with van der Waals surface area (Å²) in [4.78, 5) is 90.6. The molecule has 3 saturated heterocycles. The lowest BCUT2D eigenvalue weighted by molar-refractivity contribution is -0.200. The van der Waals surface area contributed by atoms with Crippen molar-refractivity contribution < 1.29 is 66.4 Å². The summed E-state index contributed by atoms with van der Waals surface area (Å²) in [6.07, 6.45) is 17.8. The van der Waals surface area contributed by atoms with E-state index in [4.69, 9.17) is 44.0 Å². The molecule has 5 aliphatic heterocycles. The number of hydrogen-bond donors (Lipinski definition) is 5. The Labute approximate surface area is 520 Å². The van der Waals surface area contributed by atoms with Gasteiger partial charge in [-0.2, -0.15) is 13.2 Å². The van der Waals surface area contributed by atoms with Crippen LogP contribution in [0.2, 0.25) is 0 Å². The molecule has 3 fully saturated rings. The Hall–Kier alpha value is -8.34. The number of aromatic nitrogens is 6. The number of nitrogens with zero attached hydrogens (tertiary/aromatic N) is 10. The Morgan fingerprint density at radius 1 is 0.644 bits per heavy atom. The maximum atomic E-state index is 13.1. The number of carbonyl (C=O) groups is 5. The van der Waals surface area contributed by atoms with E-state index in [1.54, 1.807) is 12.4 Å². The number of alkyl halides is 3. The molecule has 11 rings (SSSR count). The van der Waals surface area contributed by atoms with Crippen LogP contribution < -0.4 is 25.9 Å². The fourth-order valence-corrected chi connectivity index (χ4v) is 10.6. The van der Waals surface area contributed by atoms with E-state index in [0.29, 0.717) is 95.8 Å². The minimum absolute atomic E-state index is 0.0782. The smallest absolute Gasteiger partial charge is 0.400 e. The summed E-state index contributed by atoms with van der Waals surface area (Å²) in [7, 11) is 1.00. The van der Waals surface area contributed by atoms with Crippen molar-refractivity contribution in [2.24, 2.45) is 0 Å². The highest BCUT2D eigenvalue weighted by atomic mass is 19.4. The lowest BCUT2D eigenvalue weighted by Gasteiger charge is -2.29. The van der Waals surface area contributed by atoms with Gasteiger partial charge in [0, 0.05) is 158 Å². The topological polar surface area (TPSA) is 272 Å². The standard InChI is InChI=1S/C32H41N7O5.C28H34N6O4.C2HF3O.CH4O/c40-28(36-44-30-9-3-4-19-43-30)7-1-2-8-29(41)38-15-5-6-24(22-38)27-23-39-16-14-33-32(39)31(35-27)34-25-10-12-26(13-11-25)37-17-20-42-21-18-37;35-20-24(36)5-1-2-6-26(37)33-12-3-4-21(18-33)25-19-34-13-11-29-28(34)27(31-25)30-22-7-9-23(10-8-22)32-14-16-38-17-15-32;3-2(4,5)1-6;1-2/h6,10-14,16,23,30H,1-5,7-9,15,17-22H2,(H,34,35)(H,36,40);4,7-11,13,19,35H,1-3,5-6,12,14-18,20H2,(H,30,31);1H;2H,1H3. The third-order valence-corrected chi connectivity index (χ3v) is 15.3. The fourth-order valence-electron chi connectivity index (χ4n) is 10.6. The Balaban J connectivity index is 0.000000209. The number of amides is 3. The second-order valence-electron chi connectivity index (χ2n) is 21.7. The third-order valence-electron chi connectivity index (χ3n) is 15.3. The number of benzene rings is 2. The van der Waals surface area contributed by atoms with Gasteiger partial charge in [0.25, 0.3) is 0 Å². The maximum Gasteiger partial charge on any atom is 0.446 e. The van der Waals surface area contributed by atoms with Gasteiger partial charge in [-0.05, 0) is 111 Å². The molecular formula is C63H80F3N13O11. The summed E-state index contributed by atoms with van der Waals surface area (Å²) < 4.78 is 51.5. The summed E-state index contributed by atoms with van der Waals surface area (Å²) in [5.41, 5.74) is 11.7. The summed E-state index contributed by atoms with van der Waals surface area (Å²) >= 11 is 0.